The first-order valence-electron chi connectivity index (χ1n) is 18.0. The SMILES string of the molecule is [2H]c1c([2H])c([2H])c2c(-c3cc4oc5ccc(-c6nc(-c7ccccc7)nc(-c7ccccc7)n6)cc5c4c4ccccc34)c([2H])c([2H])c([2H])c2c1[2H]. The van der Waals surface area contributed by atoms with Crippen molar-refractivity contribution < 1.29 is 14.0 Å². The van der Waals surface area contributed by atoms with Crippen molar-refractivity contribution in [1.29, 1.82) is 0 Å². The molecule has 0 N–H and O–H groups in total. The van der Waals surface area contributed by atoms with Gasteiger partial charge in [-0.15, -0.1) is 0 Å². The van der Waals surface area contributed by atoms with Gasteiger partial charge in [0.15, 0.2) is 17.5 Å². The molecule has 0 saturated carbocycles. The van der Waals surface area contributed by atoms with Crippen LogP contribution in [0.25, 0.3) is 88.8 Å². The molecule has 0 spiro atoms. The van der Waals surface area contributed by atoms with Crippen LogP contribution in [-0.2, 0) is 0 Å². The van der Waals surface area contributed by atoms with Crippen LogP contribution in [0.2, 0.25) is 0 Å². The average molecular weight is 583 g/mol. The fourth-order valence-corrected chi connectivity index (χ4v) is 5.94. The van der Waals surface area contributed by atoms with Crippen LogP contribution in [0.4, 0.5) is 0 Å². The maximum Gasteiger partial charge on any atom is 0.164 e. The van der Waals surface area contributed by atoms with Crippen LogP contribution < -0.4 is 0 Å². The molecule has 0 atom stereocenters. The van der Waals surface area contributed by atoms with Crippen molar-refractivity contribution in [3.63, 3.8) is 0 Å². The van der Waals surface area contributed by atoms with Crippen molar-refractivity contribution in [2.45, 2.75) is 0 Å². The Bertz CT molecular complexity index is 2870. The third kappa shape index (κ3) is 4.27. The Morgan fingerprint density at radius 3 is 1.80 bits per heavy atom. The van der Waals surface area contributed by atoms with E-state index in [1.54, 1.807) is 6.07 Å². The summed E-state index contributed by atoms with van der Waals surface area (Å²) < 4.78 is 66.8. The lowest BCUT2D eigenvalue weighted by molar-refractivity contribution is 0.669. The van der Waals surface area contributed by atoms with Crippen LogP contribution in [0.1, 0.15) is 9.60 Å². The van der Waals surface area contributed by atoms with Crippen LogP contribution in [0.5, 0.6) is 0 Å². The van der Waals surface area contributed by atoms with Crippen molar-refractivity contribution >= 4 is 43.5 Å². The number of hydrogen-bond donors (Lipinski definition) is 0. The zero-order valence-corrected chi connectivity index (χ0v) is 23.6. The molecule has 2 aromatic heterocycles. The van der Waals surface area contributed by atoms with Gasteiger partial charge in [0.1, 0.15) is 11.2 Å². The molecule has 210 valence electrons. The van der Waals surface area contributed by atoms with Gasteiger partial charge in [-0.3, -0.25) is 0 Å². The molecule has 0 aliphatic rings. The summed E-state index contributed by atoms with van der Waals surface area (Å²) in [5, 5.41) is 3.02. The van der Waals surface area contributed by atoms with E-state index in [1.807, 2.05) is 103 Å². The maximum atomic E-state index is 9.01. The minimum absolute atomic E-state index is 0.0261. The van der Waals surface area contributed by atoms with Crippen molar-refractivity contribution in [1.82, 2.24) is 15.0 Å². The standard InChI is InChI=1S/C41H25N3O/c1-3-13-27(14-4-1)39-42-40(28-15-5-2-6-16-28)44-41(43-39)29-22-23-36-35(24-29)38-33-20-10-9-19-32(33)34(25-37(38)45-36)31-21-11-17-26-12-7-8-18-30(26)31/h1-25H/i7D,8D,11D,12D,17D,18D,21D. The number of benzene rings is 7. The number of nitrogens with zero attached hydrogens (tertiary/aromatic N) is 3. The Morgan fingerprint density at radius 1 is 0.444 bits per heavy atom. The maximum absolute atomic E-state index is 9.01. The predicted molar refractivity (Wildman–Crippen MR) is 184 cm³/mol. The highest BCUT2D eigenvalue weighted by Gasteiger charge is 2.18. The molecule has 0 fully saturated rings. The van der Waals surface area contributed by atoms with E-state index in [1.165, 1.54) is 0 Å². The van der Waals surface area contributed by atoms with E-state index >= 15 is 0 Å². The van der Waals surface area contributed by atoms with Crippen molar-refractivity contribution in [2.24, 2.45) is 0 Å². The second-order valence-corrected chi connectivity index (χ2v) is 10.7. The summed E-state index contributed by atoms with van der Waals surface area (Å²) in [5.41, 5.74) is 4.17. The van der Waals surface area contributed by atoms with Crippen molar-refractivity contribution in [3.8, 4) is 45.3 Å². The summed E-state index contributed by atoms with van der Waals surface area (Å²) in [6.45, 7) is 0. The Morgan fingerprint density at radius 2 is 1.07 bits per heavy atom. The van der Waals surface area contributed by atoms with Crippen LogP contribution in [-0.4, -0.2) is 15.0 Å². The molecule has 0 amide bonds. The van der Waals surface area contributed by atoms with Gasteiger partial charge >= 0.3 is 0 Å². The summed E-state index contributed by atoms with van der Waals surface area (Å²) in [6, 6.07) is 31.7. The fourth-order valence-electron chi connectivity index (χ4n) is 5.94. The molecule has 0 bridgehead atoms. The lowest BCUT2D eigenvalue weighted by Gasteiger charge is -2.11. The number of furan rings is 1. The summed E-state index contributed by atoms with van der Waals surface area (Å²) >= 11 is 0. The monoisotopic (exact) mass is 582 g/mol. The van der Waals surface area contributed by atoms with E-state index in [0.29, 0.717) is 39.6 Å². The van der Waals surface area contributed by atoms with Gasteiger partial charge in [-0.25, -0.2) is 15.0 Å². The molecule has 0 saturated heterocycles. The smallest absolute Gasteiger partial charge is 0.164 e. The highest BCUT2D eigenvalue weighted by atomic mass is 16.3. The molecule has 4 nitrogen and oxygen atoms in total. The van der Waals surface area contributed by atoms with Crippen LogP contribution in [0, 0.1) is 0 Å². The van der Waals surface area contributed by atoms with Gasteiger partial charge in [0.05, 0.1) is 9.60 Å². The van der Waals surface area contributed by atoms with Gasteiger partial charge in [-0.05, 0) is 56.9 Å². The fraction of sp³-hybridized carbons (Fsp3) is 0. The number of fused-ring (bicyclic) bond motifs is 6. The van der Waals surface area contributed by atoms with E-state index in [4.69, 9.17) is 29.0 Å². The number of rotatable bonds is 4. The normalized spacial score (nSPS) is 13.7. The molecule has 45 heavy (non-hydrogen) atoms. The van der Waals surface area contributed by atoms with E-state index < -0.39 is 30.2 Å². The zero-order valence-electron chi connectivity index (χ0n) is 30.6. The predicted octanol–water partition coefficient (Wildman–Crippen LogP) is 10.7. The molecular weight excluding hydrogens is 550 g/mol. The molecule has 0 radical (unpaired) electrons. The van der Waals surface area contributed by atoms with Gasteiger partial charge < -0.3 is 4.42 Å². The Balaban J connectivity index is 1.32. The highest BCUT2D eigenvalue weighted by Crippen LogP contribution is 2.42. The summed E-state index contributed by atoms with van der Waals surface area (Å²) in [7, 11) is 0. The largest absolute Gasteiger partial charge is 0.456 e. The average Bonchev–Trinajstić information content (AvgIpc) is 3.56. The zero-order chi connectivity index (χ0) is 35.8. The third-order valence-electron chi connectivity index (χ3n) is 8.02. The first-order chi connectivity index (χ1) is 25.2. The van der Waals surface area contributed by atoms with Gasteiger partial charge in [0.25, 0.3) is 0 Å². The highest BCUT2D eigenvalue weighted by molar-refractivity contribution is 6.23. The second kappa shape index (κ2) is 10.2. The number of aromatic nitrogens is 3. The van der Waals surface area contributed by atoms with Gasteiger partial charge in [-0.2, -0.15) is 0 Å². The lowest BCUT2D eigenvalue weighted by Crippen LogP contribution is -2.00. The van der Waals surface area contributed by atoms with Crippen molar-refractivity contribution in [2.75, 3.05) is 0 Å². The van der Waals surface area contributed by atoms with E-state index in [-0.39, 0.29) is 28.4 Å². The van der Waals surface area contributed by atoms with Crippen LogP contribution >= 0.6 is 0 Å². The molecule has 4 heteroatoms. The minimum atomic E-state index is -0.493. The quantitative estimate of drug-likeness (QED) is 0.207. The summed E-state index contributed by atoms with van der Waals surface area (Å²) in [6.07, 6.45) is 0. The Hall–Kier alpha value is -6.13. The third-order valence-corrected chi connectivity index (χ3v) is 8.02. The van der Waals surface area contributed by atoms with Crippen molar-refractivity contribution in [3.05, 3.63) is 151 Å². The number of hydrogen-bond acceptors (Lipinski definition) is 4. The first-order valence-corrected chi connectivity index (χ1v) is 14.5. The summed E-state index contributed by atoms with van der Waals surface area (Å²) in [4.78, 5) is 14.6. The van der Waals surface area contributed by atoms with Crippen LogP contribution in [0.3, 0.4) is 0 Å². The van der Waals surface area contributed by atoms with E-state index in [0.717, 1.165) is 32.8 Å². The summed E-state index contributed by atoms with van der Waals surface area (Å²) in [5.74, 6) is 1.57. The molecular formula is C41H25N3O. The molecule has 9 aromatic rings. The minimum Gasteiger partial charge on any atom is -0.456 e. The van der Waals surface area contributed by atoms with Gasteiger partial charge in [0.2, 0.25) is 0 Å². The molecule has 0 aliphatic carbocycles. The van der Waals surface area contributed by atoms with Gasteiger partial charge in [-0.1, -0.05) is 127 Å². The Labute approximate surface area is 269 Å². The van der Waals surface area contributed by atoms with E-state index in [2.05, 4.69) is 0 Å². The first kappa shape index (κ1) is 19.2. The second-order valence-electron chi connectivity index (χ2n) is 10.7. The molecule has 7 aromatic carbocycles. The molecule has 0 aliphatic heterocycles. The lowest BCUT2D eigenvalue weighted by atomic mass is 9.92. The van der Waals surface area contributed by atoms with Crippen LogP contribution in [0.15, 0.2) is 156 Å². The van der Waals surface area contributed by atoms with Gasteiger partial charge in [0, 0.05) is 27.5 Å². The topological polar surface area (TPSA) is 51.8 Å². The molecule has 9 rings (SSSR count). The van der Waals surface area contributed by atoms with E-state index in [9.17, 15) is 0 Å². The Kier molecular flexibility index (Phi) is 4.38. The molecule has 0 unspecified atom stereocenters. The molecule has 2 heterocycles.